The van der Waals surface area contributed by atoms with Gasteiger partial charge in [0.1, 0.15) is 22.9 Å². The number of alkyl halides is 3. The number of carbonyl (C=O) groups is 1. The van der Waals surface area contributed by atoms with Crippen LogP contribution in [0, 0.1) is 0 Å². The van der Waals surface area contributed by atoms with Crippen LogP contribution in [0.5, 0.6) is 0 Å². The molecule has 0 atom stereocenters. The van der Waals surface area contributed by atoms with Crippen LogP contribution < -0.4 is 0 Å². The van der Waals surface area contributed by atoms with E-state index >= 15 is 0 Å². The van der Waals surface area contributed by atoms with Crippen molar-refractivity contribution in [1.29, 1.82) is 0 Å². The van der Waals surface area contributed by atoms with Gasteiger partial charge in [0, 0.05) is 5.69 Å². The Morgan fingerprint density at radius 2 is 1.76 bits per heavy atom. The first kappa shape index (κ1) is 21.4. The number of imidazole rings is 1. The van der Waals surface area contributed by atoms with Crippen LogP contribution in [0.3, 0.4) is 0 Å². The van der Waals surface area contributed by atoms with Gasteiger partial charge in [0.05, 0.1) is 15.5 Å². The molecular weight excluding hydrogens is 452 g/mol. The number of sulfone groups is 1. The van der Waals surface area contributed by atoms with E-state index < -0.39 is 33.1 Å². The predicted octanol–water partition coefficient (Wildman–Crippen LogP) is 4.85. The van der Waals surface area contributed by atoms with E-state index in [9.17, 15) is 26.4 Å². The minimum Gasteiger partial charge on any atom is -0.291 e. The van der Waals surface area contributed by atoms with Gasteiger partial charge in [0.2, 0.25) is 0 Å². The minimum atomic E-state index is -4.56. The normalized spacial score (nSPS) is 12.2. The molecule has 0 fully saturated rings. The summed E-state index contributed by atoms with van der Waals surface area (Å²) in [6.45, 7) is 0. The zero-order chi connectivity index (χ0) is 21.4. The molecule has 0 aliphatic rings. The lowest BCUT2D eigenvalue weighted by molar-refractivity contribution is -0.137. The third-order valence-corrected chi connectivity index (χ3v) is 6.39. The monoisotopic (exact) mass is 462 g/mol. The van der Waals surface area contributed by atoms with Gasteiger partial charge in [-0.15, -0.1) is 0 Å². The highest BCUT2D eigenvalue weighted by Crippen LogP contribution is 2.31. The molecule has 29 heavy (non-hydrogen) atoms. The molecule has 0 radical (unpaired) electrons. The molecule has 0 saturated carbocycles. The second kappa shape index (κ2) is 7.81. The molecule has 0 bridgehead atoms. The molecule has 0 N–H and O–H groups in total. The molecule has 2 aromatic carbocycles. The summed E-state index contributed by atoms with van der Waals surface area (Å²) in [5, 5.41) is -0.343. The van der Waals surface area contributed by atoms with E-state index in [2.05, 4.69) is 4.98 Å². The Hall–Kier alpha value is -2.36. The van der Waals surface area contributed by atoms with E-state index in [1.165, 1.54) is 36.4 Å². The second-order valence-corrected chi connectivity index (χ2v) is 8.64. The van der Waals surface area contributed by atoms with E-state index in [0.717, 1.165) is 23.0 Å². The highest BCUT2D eigenvalue weighted by Gasteiger charge is 2.31. The van der Waals surface area contributed by atoms with Gasteiger partial charge in [0.15, 0.2) is 15.6 Å². The zero-order valence-corrected chi connectivity index (χ0v) is 16.6. The summed E-state index contributed by atoms with van der Waals surface area (Å²) in [6, 6.07) is 9.87. The van der Waals surface area contributed by atoms with Crippen molar-refractivity contribution < 1.29 is 26.4 Å². The lowest BCUT2D eigenvalue weighted by Crippen LogP contribution is -2.17. The van der Waals surface area contributed by atoms with Crippen LogP contribution in [0.2, 0.25) is 10.2 Å². The fourth-order valence-electron chi connectivity index (χ4n) is 2.55. The molecule has 152 valence electrons. The molecule has 0 unspecified atom stereocenters. The Bertz CT molecular complexity index is 1190. The standard InChI is InChI=1S/C18H11Cl2F3N2O3S/c19-13-6-1-2-7-15(13)29(27,28)9-14(26)16-17(20)25(10-24-16)12-5-3-4-11(8-12)18(21,22)23/h1-8,10H,9H2. The quantitative estimate of drug-likeness (QED) is 0.508. The molecular formula is C18H11Cl2F3N2O3S. The SMILES string of the molecule is O=C(CS(=O)(=O)c1ccccc1Cl)c1ncn(-c2cccc(C(F)(F)F)c2)c1Cl. The maximum atomic E-state index is 12.9. The fourth-order valence-corrected chi connectivity index (χ4v) is 4.62. The van der Waals surface area contributed by atoms with Crippen molar-refractivity contribution in [3.63, 3.8) is 0 Å². The van der Waals surface area contributed by atoms with E-state index in [1.807, 2.05) is 0 Å². The van der Waals surface area contributed by atoms with Gasteiger partial charge in [0.25, 0.3) is 0 Å². The molecule has 1 heterocycles. The number of ketones is 1. The van der Waals surface area contributed by atoms with Crippen LogP contribution >= 0.6 is 23.2 Å². The Balaban J connectivity index is 1.92. The van der Waals surface area contributed by atoms with Crippen molar-refractivity contribution in [2.75, 3.05) is 5.75 Å². The maximum absolute atomic E-state index is 12.9. The molecule has 0 saturated heterocycles. The van der Waals surface area contributed by atoms with Gasteiger partial charge in [-0.2, -0.15) is 13.2 Å². The highest BCUT2D eigenvalue weighted by molar-refractivity contribution is 7.92. The Morgan fingerprint density at radius 1 is 1.07 bits per heavy atom. The van der Waals surface area contributed by atoms with Crippen LogP contribution in [0.1, 0.15) is 16.1 Å². The van der Waals surface area contributed by atoms with Crippen molar-refractivity contribution in [1.82, 2.24) is 9.55 Å². The van der Waals surface area contributed by atoms with Crippen molar-refractivity contribution in [2.45, 2.75) is 11.1 Å². The first-order valence-corrected chi connectivity index (χ1v) is 10.3. The van der Waals surface area contributed by atoms with Crippen molar-refractivity contribution in [3.05, 3.63) is 76.3 Å². The van der Waals surface area contributed by atoms with Crippen LogP contribution in [0.25, 0.3) is 5.69 Å². The number of nitrogens with zero attached hydrogens (tertiary/aromatic N) is 2. The largest absolute Gasteiger partial charge is 0.416 e. The Kier molecular flexibility index (Phi) is 5.75. The third kappa shape index (κ3) is 4.47. The Labute approximate surface area is 173 Å². The van der Waals surface area contributed by atoms with Gasteiger partial charge in [-0.05, 0) is 30.3 Å². The summed E-state index contributed by atoms with van der Waals surface area (Å²) in [4.78, 5) is 16.0. The van der Waals surface area contributed by atoms with E-state index in [1.54, 1.807) is 0 Å². The third-order valence-electron chi connectivity index (χ3n) is 3.92. The van der Waals surface area contributed by atoms with E-state index in [-0.39, 0.29) is 26.5 Å². The van der Waals surface area contributed by atoms with Gasteiger partial charge in [-0.3, -0.25) is 9.36 Å². The lowest BCUT2D eigenvalue weighted by Gasteiger charge is -2.10. The van der Waals surface area contributed by atoms with Crippen LogP contribution in [0.15, 0.2) is 59.8 Å². The summed E-state index contributed by atoms with van der Waals surface area (Å²) >= 11 is 12.0. The van der Waals surface area contributed by atoms with Gasteiger partial charge >= 0.3 is 6.18 Å². The predicted molar refractivity (Wildman–Crippen MR) is 101 cm³/mol. The van der Waals surface area contributed by atoms with Crippen LogP contribution in [-0.2, 0) is 16.0 Å². The molecule has 3 rings (SSSR count). The smallest absolute Gasteiger partial charge is 0.291 e. The number of benzene rings is 2. The number of hydrogen-bond acceptors (Lipinski definition) is 4. The maximum Gasteiger partial charge on any atom is 0.416 e. The molecule has 5 nitrogen and oxygen atoms in total. The molecule has 0 spiro atoms. The van der Waals surface area contributed by atoms with Crippen molar-refractivity contribution in [2.24, 2.45) is 0 Å². The molecule has 11 heteroatoms. The van der Waals surface area contributed by atoms with Gasteiger partial charge in [-0.1, -0.05) is 41.4 Å². The second-order valence-electron chi connectivity index (χ2n) is 5.91. The number of rotatable bonds is 5. The number of aromatic nitrogens is 2. The first-order valence-electron chi connectivity index (χ1n) is 7.91. The summed E-state index contributed by atoms with van der Waals surface area (Å²) in [6.07, 6.45) is -3.52. The van der Waals surface area contributed by atoms with Crippen molar-refractivity contribution in [3.8, 4) is 5.69 Å². The van der Waals surface area contributed by atoms with Crippen LogP contribution in [0.4, 0.5) is 13.2 Å². The first-order chi connectivity index (χ1) is 13.5. The zero-order valence-electron chi connectivity index (χ0n) is 14.3. The van der Waals surface area contributed by atoms with Crippen molar-refractivity contribution >= 4 is 38.8 Å². The topological polar surface area (TPSA) is 69.0 Å². The average Bonchev–Trinajstić information content (AvgIpc) is 3.02. The summed E-state index contributed by atoms with van der Waals surface area (Å²) < 4.78 is 64.7. The molecule has 3 aromatic rings. The average molecular weight is 463 g/mol. The molecule has 1 aromatic heterocycles. The highest BCUT2D eigenvalue weighted by atomic mass is 35.5. The lowest BCUT2D eigenvalue weighted by atomic mass is 10.2. The molecule has 0 amide bonds. The van der Waals surface area contributed by atoms with Gasteiger partial charge in [-0.25, -0.2) is 13.4 Å². The number of halogens is 5. The number of Topliss-reactive ketones (excluding diaryl/α,β-unsaturated/α-hetero) is 1. The fraction of sp³-hybridized carbons (Fsp3) is 0.111. The number of carbonyl (C=O) groups excluding carboxylic acids is 1. The Morgan fingerprint density at radius 3 is 2.41 bits per heavy atom. The van der Waals surface area contributed by atoms with Crippen LogP contribution in [-0.4, -0.2) is 29.5 Å². The van der Waals surface area contributed by atoms with E-state index in [0.29, 0.717) is 0 Å². The summed E-state index contributed by atoms with van der Waals surface area (Å²) in [5.41, 5.74) is -1.26. The summed E-state index contributed by atoms with van der Waals surface area (Å²) in [7, 11) is -4.07. The molecule has 0 aliphatic heterocycles. The molecule has 0 aliphatic carbocycles. The number of hydrogen-bond donors (Lipinski definition) is 0. The van der Waals surface area contributed by atoms with E-state index in [4.69, 9.17) is 23.2 Å². The summed E-state index contributed by atoms with van der Waals surface area (Å²) in [5.74, 6) is -1.86. The minimum absolute atomic E-state index is 0.0188. The van der Waals surface area contributed by atoms with Gasteiger partial charge < -0.3 is 0 Å².